The molecule has 1 radical (unpaired) electrons. The summed E-state index contributed by atoms with van der Waals surface area (Å²) < 4.78 is 0. The molecule has 20 heavy (non-hydrogen) atoms. The Hall–Kier alpha value is -1.43. The first-order chi connectivity index (χ1) is 9.31. The van der Waals surface area contributed by atoms with Gasteiger partial charge in [-0.15, -0.1) is 0 Å². The fourth-order valence-corrected chi connectivity index (χ4v) is 1.95. The molecule has 0 aromatic carbocycles. The first kappa shape index (κ1) is 16.6. The second-order valence-electron chi connectivity index (χ2n) is 5.70. The number of carbonyl (C=O) groups excluding carboxylic acids is 2. The minimum absolute atomic E-state index is 0.00233. The van der Waals surface area contributed by atoms with Gasteiger partial charge in [0, 0.05) is 12.3 Å². The maximum atomic E-state index is 12.1. The Morgan fingerprint density at radius 2 is 1.90 bits per heavy atom. The predicted octanol–water partition coefficient (Wildman–Crippen LogP) is 0.647. The van der Waals surface area contributed by atoms with Crippen LogP contribution in [0.3, 0.4) is 0 Å². The fourth-order valence-electron chi connectivity index (χ4n) is 1.95. The molecule has 1 fully saturated rings. The van der Waals surface area contributed by atoms with Crippen LogP contribution < -0.4 is 11.1 Å². The fraction of sp³-hybridized carbons (Fsp3) is 0.714. The number of aliphatic carboxylic acids is 1. The van der Waals surface area contributed by atoms with Gasteiger partial charge in [0.1, 0.15) is 0 Å². The van der Waals surface area contributed by atoms with Gasteiger partial charge in [-0.05, 0) is 31.6 Å². The average Bonchev–Trinajstić information content (AvgIpc) is 3.17. The number of rotatable bonds is 9. The Morgan fingerprint density at radius 1 is 1.30 bits per heavy atom. The summed E-state index contributed by atoms with van der Waals surface area (Å²) in [6, 6.07) is -1.42. The van der Waals surface area contributed by atoms with Crippen molar-refractivity contribution in [1.82, 2.24) is 5.32 Å². The Balaban J connectivity index is 2.52. The van der Waals surface area contributed by atoms with Gasteiger partial charge in [-0.25, -0.2) is 0 Å². The largest absolute Gasteiger partial charge is 0.481 e. The highest BCUT2D eigenvalue weighted by atomic mass is 16.4. The third-order valence-electron chi connectivity index (χ3n) is 3.19. The number of Topliss-reactive ketones (excluding diaryl/α,β-unsaturated/α-hetero) is 1. The molecule has 0 spiro atoms. The van der Waals surface area contributed by atoms with Crippen molar-refractivity contribution in [3.63, 3.8) is 0 Å². The molecule has 0 aromatic heterocycles. The summed E-state index contributed by atoms with van der Waals surface area (Å²) in [5.41, 5.74) is 5.64. The van der Waals surface area contributed by atoms with Gasteiger partial charge in [-0.2, -0.15) is 0 Å². The van der Waals surface area contributed by atoms with Gasteiger partial charge in [0.2, 0.25) is 5.91 Å². The molecule has 0 saturated heterocycles. The van der Waals surface area contributed by atoms with Crippen LogP contribution in [0.5, 0.6) is 0 Å². The van der Waals surface area contributed by atoms with E-state index in [0.29, 0.717) is 6.42 Å². The molecule has 0 bridgehead atoms. The molecule has 0 aliphatic heterocycles. The van der Waals surface area contributed by atoms with Crippen molar-refractivity contribution in [2.24, 2.45) is 11.7 Å². The highest BCUT2D eigenvalue weighted by Crippen LogP contribution is 2.34. The van der Waals surface area contributed by atoms with Gasteiger partial charge in [-0.1, -0.05) is 13.8 Å². The highest BCUT2D eigenvalue weighted by molar-refractivity contribution is 6.01. The number of carboxylic acids is 1. The highest BCUT2D eigenvalue weighted by Gasteiger charge is 2.36. The number of amides is 1. The first-order valence-corrected chi connectivity index (χ1v) is 6.98. The first-order valence-electron chi connectivity index (χ1n) is 6.98. The zero-order valence-corrected chi connectivity index (χ0v) is 12.0. The molecular weight excluding hydrogens is 260 g/mol. The minimum atomic E-state index is -0.989. The van der Waals surface area contributed by atoms with E-state index in [9.17, 15) is 14.4 Å². The van der Waals surface area contributed by atoms with E-state index >= 15 is 0 Å². The average molecular weight is 283 g/mol. The molecule has 113 valence electrons. The molecule has 4 N–H and O–H groups in total. The van der Waals surface area contributed by atoms with Gasteiger partial charge in [0.25, 0.3) is 0 Å². The zero-order chi connectivity index (χ0) is 15.3. The molecule has 0 heterocycles. The maximum absolute atomic E-state index is 12.1. The van der Waals surface area contributed by atoms with Gasteiger partial charge < -0.3 is 16.2 Å². The molecule has 0 aromatic rings. The molecule has 6 heteroatoms. The summed E-state index contributed by atoms with van der Waals surface area (Å²) in [6.07, 6.45) is 2.11. The van der Waals surface area contributed by atoms with Crippen molar-refractivity contribution in [2.75, 3.05) is 0 Å². The molecule has 6 nitrogen and oxygen atoms in total. The Labute approximate surface area is 119 Å². The van der Waals surface area contributed by atoms with E-state index in [1.54, 1.807) is 0 Å². The van der Waals surface area contributed by atoms with E-state index in [4.69, 9.17) is 10.8 Å². The number of ketones is 1. The normalized spacial score (nSPS) is 17.6. The van der Waals surface area contributed by atoms with Crippen molar-refractivity contribution in [2.45, 2.75) is 58.0 Å². The van der Waals surface area contributed by atoms with Crippen LogP contribution in [-0.4, -0.2) is 34.8 Å². The third kappa shape index (κ3) is 5.69. The summed E-state index contributed by atoms with van der Waals surface area (Å²) in [7, 11) is 0. The van der Waals surface area contributed by atoms with Crippen LogP contribution in [0.25, 0.3) is 0 Å². The lowest BCUT2D eigenvalue weighted by Gasteiger charge is -2.21. The van der Waals surface area contributed by atoms with Crippen LogP contribution in [-0.2, 0) is 14.4 Å². The van der Waals surface area contributed by atoms with Gasteiger partial charge in [0.05, 0.1) is 12.1 Å². The minimum Gasteiger partial charge on any atom is -0.481 e. The standard InChI is InChI=1S/C14H23N2O4/c1-8(2)7-11(13(19)9-3-4-9)16-14(20)10(15)5-6-12(17)18/h8,10-11H,3-7,15H2,1-2H3,(H,16,20)(H,17,18)/t10-,11-/m0/s1. The number of hydrogen-bond donors (Lipinski definition) is 3. The predicted molar refractivity (Wildman–Crippen MR) is 73.7 cm³/mol. The van der Waals surface area contributed by atoms with Crippen LogP contribution >= 0.6 is 0 Å². The smallest absolute Gasteiger partial charge is 0.303 e. The van der Waals surface area contributed by atoms with Crippen LogP contribution in [0.15, 0.2) is 0 Å². The zero-order valence-electron chi connectivity index (χ0n) is 12.0. The molecule has 2 atom stereocenters. The van der Waals surface area contributed by atoms with Crippen LogP contribution in [0, 0.1) is 11.8 Å². The van der Waals surface area contributed by atoms with E-state index in [0.717, 1.165) is 18.8 Å². The van der Waals surface area contributed by atoms with Crippen molar-refractivity contribution >= 4 is 17.7 Å². The Morgan fingerprint density at radius 3 is 2.35 bits per heavy atom. The van der Waals surface area contributed by atoms with Crippen molar-refractivity contribution in [3.05, 3.63) is 5.92 Å². The van der Waals surface area contributed by atoms with Gasteiger partial charge >= 0.3 is 5.97 Å². The Bertz CT molecular complexity index is 377. The summed E-state index contributed by atoms with van der Waals surface area (Å²) >= 11 is 0. The summed E-state index contributed by atoms with van der Waals surface area (Å²) in [6.45, 7) is 3.96. The number of nitrogens with two attached hydrogens (primary N) is 1. The summed E-state index contributed by atoms with van der Waals surface area (Å²) in [4.78, 5) is 34.4. The van der Waals surface area contributed by atoms with Crippen LogP contribution in [0.1, 0.15) is 46.0 Å². The van der Waals surface area contributed by atoms with E-state index in [-0.39, 0.29) is 24.5 Å². The second-order valence-corrected chi connectivity index (χ2v) is 5.70. The molecule has 1 amide bonds. The van der Waals surface area contributed by atoms with Crippen molar-refractivity contribution < 1.29 is 19.5 Å². The molecular formula is C14H23N2O4. The van der Waals surface area contributed by atoms with Crippen LogP contribution in [0.4, 0.5) is 0 Å². The number of carbonyl (C=O) groups is 3. The lowest BCUT2D eigenvalue weighted by molar-refractivity contribution is -0.137. The summed E-state index contributed by atoms with van der Waals surface area (Å²) in [5, 5.41) is 11.2. The topological polar surface area (TPSA) is 109 Å². The second kappa shape index (κ2) is 7.38. The number of hydrogen-bond acceptors (Lipinski definition) is 4. The van der Waals surface area contributed by atoms with E-state index in [1.807, 2.05) is 13.8 Å². The monoisotopic (exact) mass is 283 g/mol. The van der Waals surface area contributed by atoms with E-state index in [1.165, 1.54) is 0 Å². The SMILES string of the molecule is CC(C)C[C@H](NC(=O)[C@@H](N)CCC(=O)O)C(=O)[C]1CC1. The molecule has 1 aliphatic carbocycles. The van der Waals surface area contributed by atoms with E-state index in [2.05, 4.69) is 5.32 Å². The number of carboxylic acid groups (broad SMARTS) is 1. The maximum Gasteiger partial charge on any atom is 0.303 e. The molecule has 1 aliphatic rings. The molecule has 1 rings (SSSR count). The van der Waals surface area contributed by atoms with Crippen LogP contribution in [0.2, 0.25) is 0 Å². The lowest BCUT2D eigenvalue weighted by Crippen LogP contribution is -2.49. The lowest BCUT2D eigenvalue weighted by atomic mass is 9.97. The molecule has 1 saturated carbocycles. The Kier molecular flexibility index (Phi) is 6.13. The summed E-state index contributed by atoms with van der Waals surface area (Å²) in [5.74, 6) is -0.297. The quantitative estimate of drug-likeness (QED) is 0.575. The number of nitrogens with one attached hydrogen (secondary N) is 1. The third-order valence-corrected chi connectivity index (χ3v) is 3.19. The van der Waals surface area contributed by atoms with E-state index < -0.39 is 24.0 Å². The van der Waals surface area contributed by atoms with Crippen molar-refractivity contribution in [1.29, 1.82) is 0 Å². The molecule has 0 unspecified atom stereocenters. The van der Waals surface area contributed by atoms with Gasteiger partial charge in [-0.3, -0.25) is 14.4 Å². The van der Waals surface area contributed by atoms with Crippen molar-refractivity contribution in [3.8, 4) is 0 Å². The van der Waals surface area contributed by atoms with Gasteiger partial charge in [0.15, 0.2) is 5.78 Å².